The van der Waals surface area contributed by atoms with Crippen molar-refractivity contribution in [1.29, 1.82) is 0 Å². The molecule has 6 heterocycles. The third-order valence-electron chi connectivity index (χ3n) is 15.7. The minimum absolute atomic E-state index is 0.0971. The van der Waals surface area contributed by atoms with Crippen LogP contribution in [-0.2, 0) is 5.66 Å². The van der Waals surface area contributed by atoms with Gasteiger partial charge in [-0.2, -0.15) is 4.57 Å². The summed E-state index contributed by atoms with van der Waals surface area (Å²) in [4.78, 5) is 0. The lowest BCUT2D eigenvalue weighted by atomic mass is 9.88. The first kappa shape index (κ1) is 41.0. The standard InChI is InChI=1S/C64H52FN3O2Si/c1-37(2)39(4)48-35-56-50-31-38(3)21-28-51(50)64(66(56)36-60(48)71(5,6)7)52-29-27-47-45-25-22-42(41-23-26-46-49-34-43(65)24-30-57(49)69-58(46)32-41)33-59(45)70-62(47)61(52)63-67(54-19-13-14-20-55(54)68(63)64)53-18-12-11-17-44(53)40-15-9-8-10-16-40/h8-37,39H,1-7H3/q+2/i39D. The number of rotatable bonds is 6. The van der Waals surface area contributed by atoms with Crippen LogP contribution in [0.1, 0.15) is 50.3 Å². The Kier molecular flexibility index (Phi) is 8.55. The summed E-state index contributed by atoms with van der Waals surface area (Å²) in [5.74, 6) is 0.0288. The highest BCUT2D eigenvalue weighted by atomic mass is 28.3. The van der Waals surface area contributed by atoms with Gasteiger partial charge < -0.3 is 8.83 Å². The zero-order chi connectivity index (χ0) is 49.2. The molecular weight excluding hydrogens is 890 g/mol. The predicted molar refractivity (Wildman–Crippen MR) is 289 cm³/mol. The van der Waals surface area contributed by atoms with E-state index in [-0.39, 0.29) is 11.7 Å². The molecule has 0 saturated heterocycles. The topological polar surface area (TPSA) is 39.0 Å². The Morgan fingerprint density at radius 1 is 0.620 bits per heavy atom. The van der Waals surface area contributed by atoms with E-state index in [4.69, 9.17) is 8.83 Å². The molecule has 0 bridgehead atoms. The Bertz CT molecular complexity index is 4310. The van der Waals surface area contributed by atoms with Crippen molar-refractivity contribution in [3.8, 4) is 50.6 Å². The number of furan rings is 2. The molecule has 71 heavy (non-hydrogen) atoms. The summed E-state index contributed by atoms with van der Waals surface area (Å²) in [6, 6.07) is 59.7. The fourth-order valence-corrected chi connectivity index (χ4v) is 13.7. The van der Waals surface area contributed by atoms with Gasteiger partial charge in [0, 0.05) is 39.7 Å². The SMILES string of the molecule is [2H]C(C)(c1cc2[n+](cc1[Si](C)(C)C)C1(c3ccc(C)cc3-2)c2ccc3c(oc4cc(-c5ccc6c(c5)oc5ccc(F)cc56)ccc43)c2-c2n(-c3ccccc3-c3ccccc3)c3ccccc3[n+]21)C(C)C. The number of imidazole rings is 1. The van der Waals surface area contributed by atoms with Gasteiger partial charge in [-0.25, -0.2) is 4.39 Å². The van der Waals surface area contributed by atoms with Crippen LogP contribution < -0.4 is 14.3 Å². The molecule has 0 radical (unpaired) electrons. The summed E-state index contributed by atoms with van der Waals surface area (Å²) in [5, 5.41) is 5.00. The Balaban J connectivity index is 1.12. The molecule has 0 fully saturated rings. The minimum atomic E-state index is -2.11. The van der Waals surface area contributed by atoms with Crippen LogP contribution in [-0.4, -0.2) is 12.6 Å². The van der Waals surface area contributed by atoms with Gasteiger partial charge in [0.25, 0.3) is 0 Å². The number of pyridine rings is 1. The maximum Gasteiger partial charge on any atom is 0.364 e. The highest BCUT2D eigenvalue weighted by Gasteiger charge is 2.67. The summed E-state index contributed by atoms with van der Waals surface area (Å²) in [7, 11) is -2.11. The van der Waals surface area contributed by atoms with Crippen molar-refractivity contribution in [2.75, 3.05) is 0 Å². The van der Waals surface area contributed by atoms with Crippen LogP contribution in [0.5, 0.6) is 0 Å². The molecule has 0 N–H and O–H groups in total. The van der Waals surface area contributed by atoms with Gasteiger partial charge in [-0.15, -0.1) is 9.13 Å². The van der Waals surface area contributed by atoms with Gasteiger partial charge in [-0.05, 0) is 126 Å². The molecule has 2 aliphatic rings. The molecule has 2 aliphatic heterocycles. The van der Waals surface area contributed by atoms with E-state index < -0.39 is 19.6 Å². The lowest BCUT2D eigenvalue weighted by Gasteiger charge is -2.27. The largest absolute Gasteiger partial charge is 0.456 e. The van der Waals surface area contributed by atoms with Crippen molar-refractivity contribution in [2.24, 2.45) is 5.92 Å². The van der Waals surface area contributed by atoms with E-state index in [0.29, 0.717) is 11.2 Å². The highest BCUT2D eigenvalue weighted by Crippen LogP contribution is 2.53. The van der Waals surface area contributed by atoms with Crippen LogP contribution in [0.2, 0.25) is 19.6 Å². The predicted octanol–water partition coefficient (Wildman–Crippen LogP) is 15.3. The maximum atomic E-state index is 14.3. The minimum Gasteiger partial charge on any atom is -0.456 e. The first-order chi connectivity index (χ1) is 34.7. The van der Waals surface area contributed by atoms with Gasteiger partial charge in [0.2, 0.25) is 5.69 Å². The van der Waals surface area contributed by atoms with E-state index in [1.54, 1.807) is 6.07 Å². The maximum absolute atomic E-state index is 14.3. The second-order valence-electron chi connectivity index (χ2n) is 21.2. The monoisotopic (exact) mass is 942 g/mol. The molecule has 2 unspecified atom stereocenters. The number of hydrogen-bond donors (Lipinski definition) is 0. The molecule has 0 saturated carbocycles. The molecule has 12 aromatic rings. The molecule has 344 valence electrons. The molecule has 7 heteroatoms. The van der Waals surface area contributed by atoms with Crippen LogP contribution in [0, 0.1) is 18.7 Å². The number of benzene rings is 8. The summed E-state index contributed by atoms with van der Waals surface area (Å²) in [6.45, 7) is 15.9. The van der Waals surface area contributed by atoms with Gasteiger partial charge in [-0.3, -0.25) is 0 Å². The lowest BCUT2D eigenvalue weighted by molar-refractivity contribution is -0.944. The second kappa shape index (κ2) is 14.8. The molecule has 8 aromatic carbocycles. The highest BCUT2D eigenvalue weighted by molar-refractivity contribution is 6.89. The summed E-state index contributed by atoms with van der Waals surface area (Å²) in [5.41, 5.74) is 17.5. The average Bonchev–Trinajstić information content (AvgIpc) is 4.16. The third-order valence-corrected chi connectivity index (χ3v) is 17.7. The Labute approximate surface area is 414 Å². The normalized spacial score (nSPS) is 16.1. The van der Waals surface area contributed by atoms with E-state index in [1.807, 2.05) is 12.1 Å². The summed E-state index contributed by atoms with van der Waals surface area (Å²) >= 11 is 0. The first-order valence-electron chi connectivity index (χ1n) is 25.3. The van der Waals surface area contributed by atoms with Crippen LogP contribution in [0.15, 0.2) is 185 Å². The fourth-order valence-electron chi connectivity index (χ4n) is 12.1. The molecule has 1 spiro atoms. The van der Waals surface area contributed by atoms with Gasteiger partial charge in [0.15, 0.2) is 22.8 Å². The van der Waals surface area contributed by atoms with E-state index in [9.17, 15) is 5.76 Å². The molecule has 0 amide bonds. The zero-order valence-electron chi connectivity index (χ0n) is 41.9. The van der Waals surface area contributed by atoms with E-state index >= 15 is 0 Å². The summed E-state index contributed by atoms with van der Waals surface area (Å²) in [6.07, 6.45) is 2.46. The molecule has 4 aromatic heterocycles. The number of aromatic nitrogens is 3. The number of nitrogens with zero attached hydrogens (tertiary/aromatic N) is 3. The Hall–Kier alpha value is -7.87. The summed E-state index contributed by atoms with van der Waals surface area (Å²) < 4.78 is 45.7. The molecule has 14 rings (SSSR count). The van der Waals surface area contributed by atoms with E-state index in [2.05, 4.69) is 207 Å². The molecule has 5 nitrogen and oxygen atoms in total. The third kappa shape index (κ3) is 5.78. The number of para-hydroxylation sites is 3. The van der Waals surface area contributed by atoms with Crippen LogP contribution in [0.3, 0.4) is 0 Å². The number of hydrogen-bond acceptors (Lipinski definition) is 2. The van der Waals surface area contributed by atoms with E-state index in [0.717, 1.165) is 99.9 Å². The Morgan fingerprint density at radius 2 is 1.31 bits per heavy atom. The average molecular weight is 943 g/mol. The molecular formula is C64H52FN3O2Si+2. The van der Waals surface area contributed by atoms with Gasteiger partial charge in [0.1, 0.15) is 33.8 Å². The number of fused-ring (bicyclic) bond motifs is 19. The zero-order valence-corrected chi connectivity index (χ0v) is 41.9. The van der Waals surface area contributed by atoms with Crippen LogP contribution in [0.4, 0.5) is 4.39 Å². The molecule has 2 atom stereocenters. The number of aryl methyl sites for hydroxylation is 1. The van der Waals surface area contributed by atoms with Crippen molar-refractivity contribution in [3.05, 3.63) is 204 Å². The van der Waals surface area contributed by atoms with Crippen molar-refractivity contribution in [1.82, 2.24) is 4.57 Å². The smallest absolute Gasteiger partial charge is 0.364 e. The van der Waals surface area contributed by atoms with Gasteiger partial charge in [-0.1, -0.05) is 125 Å². The fraction of sp³-hybridized carbons (Fsp3) is 0.156. The lowest BCUT2D eigenvalue weighted by Crippen LogP contribution is -2.72. The number of halogens is 1. The van der Waals surface area contributed by atoms with Crippen LogP contribution >= 0.6 is 0 Å². The van der Waals surface area contributed by atoms with Crippen molar-refractivity contribution < 1.29 is 23.7 Å². The van der Waals surface area contributed by atoms with Gasteiger partial charge in [0.05, 0.1) is 24.8 Å². The van der Waals surface area contributed by atoms with Gasteiger partial charge >= 0.3 is 11.5 Å². The van der Waals surface area contributed by atoms with Crippen LogP contribution in [0.25, 0.3) is 105 Å². The quantitative estimate of drug-likeness (QED) is 0.123. The van der Waals surface area contributed by atoms with E-state index in [1.165, 1.54) is 34.0 Å². The first-order valence-corrected chi connectivity index (χ1v) is 28.3. The molecule has 0 aliphatic carbocycles. The Morgan fingerprint density at radius 3 is 2.08 bits per heavy atom. The van der Waals surface area contributed by atoms with Crippen molar-refractivity contribution >= 4 is 68.2 Å². The van der Waals surface area contributed by atoms with Crippen molar-refractivity contribution in [3.63, 3.8) is 0 Å². The second-order valence-corrected chi connectivity index (χ2v) is 26.2. The van der Waals surface area contributed by atoms with Crippen molar-refractivity contribution in [2.45, 2.75) is 58.9 Å².